The molecule has 0 radical (unpaired) electrons. The van der Waals surface area contributed by atoms with Crippen LogP contribution in [0, 0.1) is 6.92 Å². The van der Waals surface area contributed by atoms with Crippen LogP contribution in [-0.2, 0) is 6.54 Å². The predicted molar refractivity (Wildman–Crippen MR) is 97.8 cm³/mol. The van der Waals surface area contributed by atoms with Crippen LogP contribution < -0.4 is 4.90 Å². The summed E-state index contributed by atoms with van der Waals surface area (Å²) in [5.41, 5.74) is 2.99. The molecular formula is C19H15N3O2S. The van der Waals surface area contributed by atoms with E-state index in [4.69, 9.17) is 4.42 Å². The van der Waals surface area contributed by atoms with Gasteiger partial charge < -0.3 is 4.42 Å². The van der Waals surface area contributed by atoms with Crippen molar-refractivity contribution in [3.63, 3.8) is 0 Å². The molecule has 0 saturated heterocycles. The van der Waals surface area contributed by atoms with Gasteiger partial charge in [0, 0.05) is 16.5 Å². The van der Waals surface area contributed by atoms with Crippen LogP contribution in [-0.4, -0.2) is 15.5 Å². The quantitative estimate of drug-likeness (QED) is 0.546. The van der Waals surface area contributed by atoms with Gasteiger partial charge in [0.15, 0.2) is 5.69 Å². The minimum Gasteiger partial charge on any atom is -0.459 e. The highest BCUT2D eigenvalue weighted by atomic mass is 32.1. The van der Waals surface area contributed by atoms with Crippen molar-refractivity contribution < 1.29 is 9.21 Å². The third-order valence-electron chi connectivity index (χ3n) is 4.02. The highest BCUT2D eigenvalue weighted by Crippen LogP contribution is 2.26. The first-order chi connectivity index (χ1) is 12.2. The molecule has 0 unspecified atom stereocenters. The number of hydrogen-bond donors (Lipinski definition) is 0. The molecule has 0 fully saturated rings. The molecule has 0 saturated carbocycles. The molecular weight excluding hydrogens is 334 g/mol. The van der Waals surface area contributed by atoms with Gasteiger partial charge in [-0.2, -0.15) is 0 Å². The predicted octanol–water partition coefficient (Wildman–Crippen LogP) is 4.44. The summed E-state index contributed by atoms with van der Waals surface area (Å²) >= 11 is 1.16. The van der Waals surface area contributed by atoms with Crippen LogP contribution in [0.5, 0.6) is 0 Å². The fraction of sp³-hybridized carbons (Fsp3) is 0.105. The SMILES string of the molecule is Cc1ccccc1N(Cc1cc2ccccc2o1)C(=O)c1csnn1. The Labute approximate surface area is 148 Å². The minimum atomic E-state index is -0.191. The van der Waals surface area contributed by atoms with E-state index in [-0.39, 0.29) is 5.91 Å². The van der Waals surface area contributed by atoms with E-state index >= 15 is 0 Å². The van der Waals surface area contributed by atoms with Gasteiger partial charge in [0.05, 0.1) is 6.54 Å². The lowest BCUT2D eigenvalue weighted by molar-refractivity contribution is 0.0978. The van der Waals surface area contributed by atoms with Gasteiger partial charge in [0.1, 0.15) is 11.3 Å². The smallest absolute Gasteiger partial charge is 0.280 e. The first-order valence-corrected chi connectivity index (χ1v) is 8.68. The normalized spacial score (nSPS) is 10.9. The van der Waals surface area contributed by atoms with E-state index in [1.54, 1.807) is 10.3 Å². The number of furan rings is 1. The second kappa shape index (κ2) is 6.49. The van der Waals surface area contributed by atoms with Crippen LogP contribution in [0.3, 0.4) is 0 Å². The average molecular weight is 349 g/mol. The average Bonchev–Trinajstić information content (AvgIpc) is 3.29. The molecule has 0 aliphatic rings. The van der Waals surface area contributed by atoms with Crippen LogP contribution in [0.1, 0.15) is 21.8 Å². The molecule has 2 aromatic heterocycles. The second-order valence-corrected chi connectivity index (χ2v) is 6.33. The highest BCUT2D eigenvalue weighted by molar-refractivity contribution is 7.03. The first kappa shape index (κ1) is 15.5. The number of amides is 1. The summed E-state index contributed by atoms with van der Waals surface area (Å²) in [7, 11) is 0. The van der Waals surface area contributed by atoms with Gasteiger partial charge in [0.2, 0.25) is 0 Å². The van der Waals surface area contributed by atoms with Gasteiger partial charge in [-0.05, 0) is 42.2 Å². The summed E-state index contributed by atoms with van der Waals surface area (Å²) in [6, 6.07) is 17.5. The van der Waals surface area contributed by atoms with Gasteiger partial charge in [-0.3, -0.25) is 9.69 Å². The molecule has 6 heteroatoms. The molecule has 4 aromatic rings. The number of rotatable bonds is 4. The number of carbonyl (C=O) groups excluding carboxylic acids is 1. The number of aromatic nitrogens is 2. The molecule has 25 heavy (non-hydrogen) atoms. The van der Waals surface area contributed by atoms with Crippen LogP contribution >= 0.6 is 11.5 Å². The van der Waals surface area contributed by atoms with Crippen LogP contribution in [0.15, 0.2) is 64.4 Å². The van der Waals surface area contributed by atoms with Crippen molar-refractivity contribution in [3.8, 4) is 0 Å². The second-order valence-electron chi connectivity index (χ2n) is 5.72. The zero-order chi connectivity index (χ0) is 17.2. The molecule has 4 rings (SSSR count). The summed E-state index contributed by atoms with van der Waals surface area (Å²) in [4.78, 5) is 14.7. The number of carbonyl (C=O) groups is 1. The lowest BCUT2D eigenvalue weighted by Crippen LogP contribution is -2.31. The Balaban J connectivity index is 1.74. The molecule has 5 nitrogen and oxygen atoms in total. The molecule has 1 amide bonds. The first-order valence-electron chi connectivity index (χ1n) is 7.84. The maximum Gasteiger partial charge on any atom is 0.280 e. The Bertz CT molecular complexity index is 991. The third-order valence-corrected chi connectivity index (χ3v) is 4.53. The topological polar surface area (TPSA) is 59.2 Å². The number of nitrogens with zero attached hydrogens (tertiary/aromatic N) is 3. The number of fused-ring (bicyclic) bond motifs is 1. The van der Waals surface area contributed by atoms with Crippen molar-refractivity contribution in [1.82, 2.24) is 9.59 Å². The summed E-state index contributed by atoms with van der Waals surface area (Å²) in [6.07, 6.45) is 0. The lowest BCUT2D eigenvalue weighted by Gasteiger charge is -2.22. The van der Waals surface area contributed by atoms with Crippen molar-refractivity contribution in [2.45, 2.75) is 13.5 Å². The standard InChI is InChI=1S/C19H15N3O2S/c1-13-6-2-4-8-17(13)22(19(23)16-12-25-21-20-16)11-15-10-14-7-3-5-9-18(14)24-15/h2-10,12H,11H2,1H3. The van der Waals surface area contributed by atoms with E-state index in [1.807, 2.05) is 61.5 Å². The van der Waals surface area contributed by atoms with Gasteiger partial charge in [-0.25, -0.2) is 0 Å². The lowest BCUT2D eigenvalue weighted by atomic mass is 10.1. The minimum absolute atomic E-state index is 0.191. The summed E-state index contributed by atoms with van der Waals surface area (Å²) in [6.45, 7) is 2.31. The molecule has 0 aliphatic carbocycles. The summed E-state index contributed by atoms with van der Waals surface area (Å²) in [5.74, 6) is 0.532. The van der Waals surface area contributed by atoms with E-state index < -0.39 is 0 Å². The molecule has 0 N–H and O–H groups in total. The van der Waals surface area contributed by atoms with Crippen molar-refractivity contribution >= 4 is 34.1 Å². The maximum absolute atomic E-state index is 13.0. The number of para-hydroxylation sites is 2. The van der Waals surface area contributed by atoms with Crippen LogP contribution in [0.25, 0.3) is 11.0 Å². The largest absolute Gasteiger partial charge is 0.459 e. The molecule has 0 atom stereocenters. The van der Waals surface area contributed by atoms with Crippen molar-refractivity contribution in [3.05, 3.63) is 77.0 Å². The molecule has 0 spiro atoms. The Morgan fingerprint density at radius 3 is 2.72 bits per heavy atom. The van der Waals surface area contributed by atoms with E-state index in [1.165, 1.54) is 0 Å². The van der Waals surface area contributed by atoms with Gasteiger partial charge in [-0.15, -0.1) is 5.10 Å². The number of aryl methyl sites for hydroxylation is 1. The van der Waals surface area contributed by atoms with E-state index in [0.717, 1.165) is 39.5 Å². The fourth-order valence-electron chi connectivity index (χ4n) is 2.80. The van der Waals surface area contributed by atoms with Crippen molar-refractivity contribution in [2.75, 3.05) is 4.90 Å². The van der Waals surface area contributed by atoms with Crippen molar-refractivity contribution in [2.24, 2.45) is 0 Å². The fourth-order valence-corrected chi connectivity index (χ4v) is 3.23. The zero-order valence-electron chi connectivity index (χ0n) is 13.5. The summed E-state index contributed by atoms with van der Waals surface area (Å²) in [5, 5.41) is 6.60. The third kappa shape index (κ3) is 3.04. The van der Waals surface area contributed by atoms with E-state index in [2.05, 4.69) is 9.59 Å². The van der Waals surface area contributed by atoms with Gasteiger partial charge >= 0.3 is 0 Å². The maximum atomic E-state index is 13.0. The zero-order valence-corrected chi connectivity index (χ0v) is 14.4. The Morgan fingerprint density at radius 2 is 1.96 bits per heavy atom. The molecule has 2 heterocycles. The van der Waals surface area contributed by atoms with Crippen LogP contribution in [0.4, 0.5) is 5.69 Å². The Kier molecular flexibility index (Phi) is 4.03. The van der Waals surface area contributed by atoms with Gasteiger partial charge in [-0.1, -0.05) is 40.9 Å². The molecule has 0 bridgehead atoms. The van der Waals surface area contributed by atoms with Crippen molar-refractivity contribution in [1.29, 1.82) is 0 Å². The Hall–Kier alpha value is -2.99. The van der Waals surface area contributed by atoms with Gasteiger partial charge in [0.25, 0.3) is 5.91 Å². The molecule has 0 aliphatic heterocycles. The number of hydrogen-bond acceptors (Lipinski definition) is 5. The number of anilines is 1. The van der Waals surface area contributed by atoms with E-state index in [0.29, 0.717) is 12.2 Å². The number of benzene rings is 2. The Morgan fingerprint density at radius 1 is 1.16 bits per heavy atom. The molecule has 2 aromatic carbocycles. The van der Waals surface area contributed by atoms with E-state index in [9.17, 15) is 4.79 Å². The summed E-state index contributed by atoms with van der Waals surface area (Å²) < 4.78 is 9.70. The monoisotopic (exact) mass is 349 g/mol. The molecule has 124 valence electrons. The van der Waals surface area contributed by atoms with Crippen LogP contribution in [0.2, 0.25) is 0 Å². The highest BCUT2D eigenvalue weighted by Gasteiger charge is 2.23.